The maximum atomic E-state index is 10.9. The van der Waals surface area contributed by atoms with Gasteiger partial charge in [0.05, 0.1) is 4.90 Å². The van der Waals surface area contributed by atoms with Crippen molar-refractivity contribution in [2.75, 3.05) is 0 Å². The smallest absolute Gasteiger partial charge is 0.187 e. The van der Waals surface area contributed by atoms with E-state index in [0.29, 0.717) is 5.56 Å². The van der Waals surface area contributed by atoms with Crippen LogP contribution in [-0.4, -0.2) is 8.76 Å². The van der Waals surface area contributed by atoms with Crippen LogP contribution in [-0.2, 0) is 11.1 Å². The molecule has 0 aliphatic heterocycles. The zero-order valence-electron chi connectivity index (χ0n) is 7.54. The molecule has 1 aromatic rings. The van der Waals surface area contributed by atoms with Crippen LogP contribution in [0.1, 0.15) is 5.56 Å². The van der Waals surface area contributed by atoms with Crippen molar-refractivity contribution in [3.8, 4) is 12.1 Å². The predicted molar refractivity (Wildman–Crippen MR) is 54.7 cm³/mol. The van der Waals surface area contributed by atoms with E-state index in [-0.39, 0.29) is 10.5 Å². The van der Waals surface area contributed by atoms with Crippen LogP contribution in [0.5, 0.6) is 0 Å². The summed E-state index contributed by atoms with van der Waals surface area (Å²) >= 11 is -2.12. The van der Waals surface area contributed by atoms with E-state index in [9.17, 15) is 4.21 Å². The Morgan fingerprint density at radius 1 is 1.33 bits per heavy atom. The van der Waals surface area contributed by atoms with Gasteiger partial charge in [-0.3, -0.25) is 0 Å². The highest BCUT2D eigenvalue weighted by atomic mass is 32.2. The summed E-state index contributed by atoms with van der Waals surface area (Å²) in [6.07, 6.45) is 1.28. The third-order valence-electron chi connectivity index (χ3n) is 1.65. The van der Waals surface area contributed by atoms with Gasteiger partial charge < -0.3 is 4.55 Å². The second-order valence-electron chi connectivity index (χ2n) is 2.57. The Labute approximate surface area is 89.4 Å². The molecule has 0 radical (unpaired) electrons. The fourth-order valence-corrected chi connectivity index (χ4v) is 1.53. The minimum absolute atomic E-state index is 0.104. The van der Waals surface area contributed by atoms with Crippen molar-refractivity contribution in [3.63, 3.8) is 0 Å². The van der Waals surface area contributed by atoms with Crippen molar-refractivity contribution in [2.45, 2.75) is 4.90 Å². The topological polar surface area (TPSA) is 84.9 Å². The second-order valence-corrected chi connectivity index (χ2v) is 3.51. The lowest BCUT2D eigenvalue weighted by molar-refractivity contribution is 0.564. The van der Waals surface area contributed by atoms with Crippen LogP contribution in [0.3, 0.4) is 0 Å². The average Bonchev–Trinajstić information content (AvgIpc) is 2.26. The molecule has 4 nitrogen and oxygen atoms in total. The second kappa shape index (κ2) is 5.06. The summed E-state index contributed by atoms with van der Waals surface area (Å²) in [5.41, 5.74) is 0.296. The number of nitriles is 2. The Balaban J connectivity index is 3.29. The van der Waals surface area contributed by atoms with Crippen LogP contribution in [0.25, 0.3) is 6.08 Å². The largest absolute Gasteiger partial charge is 0.302 e. The predicted octanol–water partition coefficient (Wildman–Crippen LogP) is 1.70. The third-order valence-corrected chi connectivity index (χ3v) is 2.40. The monoisotopic (exact) mass is 218 g/mol. The van der Waals surface area contributed by atoms with E-state index in [1.54, 1.807) is 30.3 Å². The molecule has 0 saturated heterocycles. The van der Waals surface area contributed by atoms with E-state index in [1.165, 1.54) is 12.1 Å². The van der Waals surface area contributed by atoms with Crippen LogP contribution in [0.2, 0.25) is 0 Å². The summed E-state index contributed by atoms with van der Waals surface area (Å²) in [4.78, 5) is 0.181. The molecule has 0 amide bonds. The van der Waals surface area contributed by atoms with Gasteiger partial charge in [-0.25, -0.2) is 4.21 Å². The quantitative estimate of drug-likeness (QED) is 0.604. The Morgan fingerprint density at radius 2 is 1.93 bits per heavy atom. The molecular weight excluding hydrogens is 212 g/mol. The van der Waals surface area contributed by atoms with E-state index in [2.05, 4.69) is 0 Å². The number of hydrogen-bond donors (Lipinski definition) is 1. The van der Waals surface area contributed by atoms with E-state index in [1.807, 2.05) is 0 Å². The van der Waals surface area contributed by atoms with Crippen molar-refractivity contribution in [1.82, 2.24) is 0 Å². The molecule has 0 heterocycles. The number of allylic oxidation sites excluding steroid dienone is 1. The van der Waals surface area contributed by atoms with E-state index in [4.69, 9.17) is 15.1 Å². The molecule has 0 bridgehead atoms. The van der Waals surface area contributed by atoms with Gasteiger partial charge in [-0.15, -0.1) is 0 Å². The summed E-state index contributed by atoms with van der Waals surface area (Å²) in [5, 5.41) is 17.1. The first kappa shape index (κ1) is 11.1. The molecule has 1 atom stereocenters. The molecular formula is C10H6N2O2S. The molecule has 1 N–H and O–H groups in total. The SMILES string of the molecule is N#CC(C#N)=Cc1ccccc1S(=O)O. The van der Waals surface area contributed by atoms with Gasteiger partial charge in [-0.05, 0) is 17.7 Å². The summed E-state index contributed by atoms with van der Waals surface area (Å²) in [7, 11) is 0. The molecule has 5 heteroatoms. The normalized spacial score (nSPS) is 10.9. The molecule has 15 heavy (non-hydrogen) atoms. The Hall–Kier alpha value is -1.95. The average molecular weight is 218 g/mol. The summed E-state index contributed by atoms with van der Waals surface area (Å²) in [5.74, 6) is 0. The summed E-state index contributed by atoms with van der Waals surface area (Å²) in [6, 6.07) is 9.68. The molecule has 0 aliphatic carbocycles. The standard InChI is InChI=1S/C10H6N2O2S/c11-6-8(7-12)5-9-3-1-2-4-10(9)15(13)14/h1-5H,(H,13,14). The van der Waals surface area contributed by atoms with E-state index >= 15 is 0 Å². The molecule has 1 aromatic carbocycles. The molecule has 1 unspecified atom stereocenters. The van der Waals surface area contributed by atoms with Gasteiger partial charge in [0.2, 0.25) is 0 Å². The minimum atomic E-state index is -2.12. The Morgan fingerprint density at radius 3 is 2.47 bits per heavy atom. The van der Waals surface area contributed by atoms with Gasteiger partial charge in [0.1, 0.15) is 17.7 Å². The number of rotatable bonds is 2. The molecule has 0 spiro atoms. The van der Waals surface area contributed by atoms with Gasteiger partial charge in [-0.1, -0.05) is 18.2 Å². The Kier molecular flexibility index (Phi) is 3.75. The highest BCUT2D eigenvalue weighted by Crippen LogP contribution is 2.15. The highest BCUT2D eigenvalue weighted by Gasteiger charge is 2.05. The molecule has 0 fully saturated rings. The van der Waals surface area contributed by atoms with Crippen LogP contribution < -0.4 is 0 Å². The van der Waals surface area contributed by atoms with Gasteiger partial charge in [-0.2, -0.15) is 10.5 Å². The summed E-state index contributed by atoms with van der Waals surface area (Å²) in [6.45, 7) is 0. The van der Waals surface area contributed by atoms with Crippen molar-refractivity contribution in [2.24, 2.45) is 0 Å². The van der Waals surface area contributed by atoms with Gasteiger partial charge in [0, 0.05) is 0 Å². The lowest BCUT2D eigenvalue weighted by atomic mass is 10.1. The van der Waals surface area contributed by atoms with Crippen molar-refractivity contribution < 1.29 is 8.76 Å². The molecule has 0 saturated carbocycles. The molecule has 0 aliphatic rings. The lowest BCUT2D eigenvalue weighted by Crippen LogP contribution is -1.92. The zero-order chi connectivity index (χ0) is 11.3. The van der Waals surface area contributed by atoms with E-state index < -0.39 is 11.1 Å². The first-order chi connectivity index (χ1) is 7.19. The van der Waals surface area contributed by atoms with Crippen molar-refractivity contribution >= 4 is 17.2 Å². The first-order valence-electron chi connectivity index (χ1n) is 3.91. The molecule has 74 valence electrons. The van der Waals surface area contributed by atoms with Gasteiger partial charge in [0.25, 0.3) is 0 Å². The maximum absolute atomic E-state index is 10.9. The van der Waals surface area contributed by atoms with Gasteiger partial charge >= 0.3 is 0 Å². The van der Waals surface area contributed by atoms with Gasteiger partial charge in [0.15, 0.2) is 11.1 Å². The molecule has 0 aromatic heterocycles. The fourth-order valence-electron chi connectivity index (χ4n) is 1.00. The minimum Gasteiger partial charge on any atom is -0.302 e. The Bertz CT molecular complexity index is 493. The van der Waals surface area contributed by atoms with Crippen molar-refractivity contribution in [1.29, 1.82) is 10.5 Å². The molecule has 1 rings (SSSR count). The number of nitrogens with zero attached hydrogens (tertiary/aromatic N) is 2. The number of benzene rings is 1. The van der Waals surface area contributed by atoms with E-state index in [0.717, 1.165) is 0 Å². The van der Waals surface area contributed by atoms with Crippen molar-refractivity contribution in [3.05, 3.63) is 35.4 Å². The first-order valence-corrected chi connectivity index (χ1v) is 5.01. The van der Waals surface area contributed by atoms with Crippen LogP contribution in [0.15, 0.2) is 34.7 Å². The maximum Gasteiger partial charge on any atom is 0.187 e. The summed E-state index contributed by atoms with van der Waals surface area (Å²) < 4.78 is 19.8. The number of hydrogen-bond acceptors (Lipinski definition) is 3. The third kappa shape index (κ3) is 2.75. The zero-order valence-corrected chi connectivity index (χ0v) is 8.36. The lowest BCUT2D eigenvalue weighted by Gasteiger charge is -1.99. The van der Waals surface area contributed by atoms with Crippen LogP contribution in [0.4, 0.5) is 0 Å². The highest BCUT2D eigenvalue weighted by molar-refractivity contribution is 7.79. The van der Waals surface area contributed by atoms with Crippen LogP contribution in [0, 0.1) is 22.7 Å². The van der Waals surface area contributed by atoms with Crippen LogP contribution >= 0.6 is 0 Å². The fraction of sp³-hybridized carbons (Fsp3) is 0.